The Bertz CT molecular complexity index is 745. The fraction of sp³-hybridized carbons (Fsp3) is 0.529. The van der Waals surface area contributed by atoms with Crippen LogP contribution in [0.1, 0.15) is 25.7 Å². The van der Waals surface area contributed by atoms with E-state index in [0.717, 1.165) is 12.8 Å². The molecule has 1 aliphatic carbocycles. The van der Waals surface area contributed by atoms with Crippen LogP contribution in [0.15, 0.2) is 12.1 Å². The molecule has 0 saturated heterocycles. The van der Waals surface area contributed by atoms with Crippen LogP contribution in [0.3, 0.4) is 0 Å². The molecular weight excluding hydrogens is 338 g/mol. The van der Waals surface area contributed by atoms with Gasteiger partial charge in [0, 0.05) is 6.04 Å². The van der Waals surface area contributed by atoms with E-state index in [1.165, 1.54) is 17.6 Å². The predicted molar refractivity (Wildman–Crippen MR) is 92.1 cm³/mol. The molecule has 1 saturated carbocycles. The number of nitrogens with one attached hydrogen (secondary N) is 2. The van der Waals surface area contributed by atoms with Crippen molar-refractivity contribution in [2.75, 3.05) is 21.3 Å². The Balaban J connectivity index is 1.75. The topological polar surface area (TPSA) is 102 Å². The van der Waals surface area contributed by atoms with Gasteiger partial charge in [-0.15, -0.1) is 0 Å². The lowest BCUT2D eigenvalue weighted by atomic mass is 10.1. The zero-order valence-corrected chi connectivity index (χ0v) is 15.2. The van der Waals surface area contributed by atoms with Gasteiger partial charge in [0.2, 0.25) is 12.3 Å². The molecule has 0 unspecified atom stereocenters. The van der Waals surface area contributed by atoms with Crippen LogP contribution in [0, 0.1) is 0 Å². The summed E-state index contributed by atoms with van der Waals surface area (Å²) < 4.78 is 16.0. The van der Waals surface area contributed by atoms with Crippen molar-refractivity contribution in [3.8, 4) is 28.6 Å². The zero-order chi connectivity index (χ0) is 18.5. The summed E-state index contributed by atoms with van der Waals surface area (Å²) in [5.41, 5.74) is 0.686. The van der Waals surface area contributed by atoms with Crippen molar-refractivity contribution in [1.29, 1.82) is 0 Å². The molecule has 1 aromatic heterocycles. The molecular formula is C17H24N5O4+. The van der Waals surface area contributed by atoms with E-state index in [0.29, 0.717) is 28.6 Å². The van der Waals surface area contributed by atoms with Gasteiger partial charge in [-0.2, -0.15) is 0 Å². The number of nitrogens with zero attached hydrogens (tertiary/aromatic N) is 3. The number of rotatable bonds is 7. The van der Waals surface area contributed by atoms with Crippen LogP contribution in [0.25, 0.3) is 11.4 Å². The van der Waals surface area contributed by atoms with Gasteiger partial charge in [-0.05, 0) is 35.3 Å². The molecule has 9 nitrogen and oxygen atoms in total. The van der Waals surface area contributed by atoms with Crippen LogP contribution in [-0.4, -0.2) is 48.7 Å². The average Bonchev–Trinajstić information content (AvgIpc) is 3.32. The van der Waals surface area contributed by atoms with Crippen molar-refractivity contribution in [3.63, 3.8) is 0 Å². The van der Waals surface area contributed by atoms with E-state index >= 15 is 0 Å². The number of tetrazole rings is 1. The Morgan fingerprint density at radius 1 is 1.19 bits per heavy atom. The SMILES string of the molecule is COc1cc(-c2n[nH][n+](CC(=O)NC3CCCC3)n2)cc(OC)c1OC. The number of hydrogen-bond donors (Lipinski definition) is 2. The molecule has 1 aromatic carbocycles. The molecule has 2 N–H and O–H groups in total. The molecule has 9 heteroatoms. The van der Waals surface area contributed by atoms with Gasteiger partial charge in [0.25, 0.3) is 5.91 Å². The fourth-order valence-electron chi connectivity index (χ4n) is 3.15. The molecule has 140 valence electrons. The predicted octanol–water partition coefficient (Wildman–Crippen LogP) is 0.844. The number of hydrogen-bond acceptors (Lipinski definition) is 6. The Morgan fingerprint density at radius 3 is 2.42 bits per heavy atom. The third kappa shape index (κ3) is 3.87. The Kier molecular flexibility index (Phi) is 5.55. The molecule has 0 aliphatic heterocycles. The lowest BCUT2D eigenvalue weighted by Crippen LogP contribution is -2.48. The van der Waals surface area contributed by atoms with Gasteiger partial charge in [-0.3, -0.25) is 4.79 Å². The maximum absolute atomic E-state index is 12.1. The number of ether oxygens (including phenoxy) is 3. The third-order valence-corrected chi connectivity index (χ3v) is 4.42. The summed E-state index contributed by atoms with van der Waals surface area (Å²) in [7, 11) is 4.64. The van der Waals surface area contributed by atoms with Gasteiger partial charge < -0.3 is 19.5 Å². The highest BCUT2D eigenvalue weighted by molar-refractivity contribution is 5.74. The van der Waals surface area contributed by atoms with Crippen LogP contribution < -0.4 is 24.3 Å². The van der Waals surface area contributed by atoms with Gasteiger partial charge in [0.05, 0.1) is 32.0 Å². The second-order valence-corrected chi connectivity index (χ2v) is 6.16. The van der Waals surface area contributed by atoms with E-state index in [1.807, 2.05) is 0 Å². The molecule has 0 atom stereocenters. The molecule has 1 aliphatic rings. The summed E-state index contributed by atoms with van der Waals surface area (Å²) >= 11 is 0. The zero-order valence-electron chi connectivity index (χ0n) is 15.2. The van der Waals surface area contributed by atoms with E-state index < -0.39 is 0 Å². The number of aromatic amines is 1. The summed E-state index contributed by atoms with van der Waals surface area (Å²) in [6, 6.07) is 3.79. The first-order chi connectivity index (χ1) is 12.6. The first kappa shape index (κ1) is 18.0. The second-order valence-electron chi connectivity index (χ2n) is 6.16. The van der Waals surface area contributed by atoms with E-state index in [1.54, 1.807) is 33.5 Å². The average molecular weight is 362 g/mol. The first-order valence-corrected chi connectivity index (χ1v) is 8.57. The number of aromatic nitrogens is 4. The minimum atomic E-state index is -0.0745. The number of amides is 1. The lowest BCUT2D eigenvalue weighted by Gasteiger charge is -2.12. The lowest BCUT2D eigenvalue weighted by molar-refractivity contribution is -0.794. The highest BCUT2D eigenvalue weighted by Crippen LogP contribution is 2.40. The Hall–Kier alpha value is -2.84. The maximum Gasteiger partial charge on any atom is 0.339 e. The molecule has 1 fully saturated rings. The van der Waals surface area contributed by atoms with Crippen molar-refractivity contribution < 1.29 is 23.8 Å². The monoisotopic (exact) mass is 362 g/mol. The van der Waals surface area contributed by atoms with Crippen molar-refractivity contribution in [2.24, 2.45) is 0 Å². The molecule has 0 radical (unpaired) electrons. The number of benzene rings is 1. The van der Waals surface area contributed by atoms with Crippen molar-refractivity contribution >= 4 is 5.91 Å². The molecule has 2 aromatic rings. The van der Waals surface area contributed by atoms with Crippen LogP contribution in [-0.2, 0) is 11.3 Å². The fourth-order valence-corrected chi connectivity index (χ4v) is 3.15. The smallest absolute Gasteiger partial charge is 0.339 e. The second kappa shape index (κ2) is 8.03. The van der Waals surface area contributed by atoms with Gasteiger partial charge >= 0.3 is 5.82 Å². The minimum absolute atomic E-state index is 0.0745. The number of H-pyrrole nitrogens is 1. The summed E-state index contributed by atoms with van der Waals surface area (Å²) in [5.74, 6) is 1.87. The van der Waals surface area contributed by atoms with E-state index in [4.69, 9.17) is 14.2 Å². The molecule has 1 amide bonds. The highest BCUT2D eigenvalue weighted by Gasteiger charge is 2.23. The van der Waals surface area contributed by atoms with Crippen molar-refractivity contribution in [3.05, 3.63) is 12.1 Å². The van der Waals surface area contributed by atoms with Gasteiger partial charge in [0.15, 0.2) is 11.5 Å². The standard InChI is InChI=1S/C17H23N5O4/c1-24-13-8-11(9-14(25-2)16(13)26-3)17-19-21-22(20-17)10-15(23)18-12-6-4-5-7-12/h8-9,12H,4-7,10H2,1-3H3,(H,18,23)/p+1. The molecule has 0 bridgehead atoms. The van der Waals surface area contributed by atoms with Gasteiger partial charge in [-0.1, -0.05) is 17.6 Å². The van der Waals surface area contributed by atoms with E-state index in [2.05, 4.69) is 20.7 Å². The number of methoxy groups -OCH3 is 3. The summed E-state index contributed by atoms with van der Waals surface area (Å²) in [6.07, 6.45) is 4.43. The maximum atomic E-state index is 12.1. The van der Waals surface area contributed by atoms with E-state index in [-0.39, 0.29) is 18.5 Å². The molecule has 3 rings (SSSR count). The van der Waals surface area contributed by atoms with Gasteiger partial charge in [0.1, 0.15) is 0 Å². The van der Waals surface area contributed by atoms with Crippen LogP contribution in [0.5, 0.6) is 17.2 Å². The van der Waals surface area contributed by atoms with E-state index in [9.17, 15) is 4.79 Å². The van der Waals surface area contributed by atoms with Gasteiger partial charge in [-0.25, -0.2) is 0 Å². The summed E-state index contributed by atoms with van der Waals surface area (Å²) in [5, 5.41) is 14.3. The third-order valence-electron chi connectivity index (χ3n) is 4.42. The largest absolute Gasteiger partial charge is 0.493 e. The minimum Gasteiger partial charge on any atom is -0.493 e. The van der Waals surface area contributed by atoms with Crippen LogP contribution in [0.2, 0.25) is 0 Å². The highest BCUT2D eigenvalue weighted by atomic mass is 16.5. The van der Waals surface area contributed by atoms with Crippen LogP contribution in [0.4, 0.5) is 0 Å². The first-order valence-electron chi connectivity index (χ1n) is 8.57. The normalized spacial score (nSPS) is 14.3. The Labute approximate surface area is 151 Å². The number of carbonyl (C=O) groups excluding carboxylic acids is 1. The summed E-state index contributed by atoms with van der Waals surface area (Å²) in [6.45, 7) is 0.0912. The van der Waals surface area contributed by atoms with Crippen LogP contribution >= 0.6 is 0 Å². The number of carbonyl (C=O) groups is 1. The molecule has 0 spiro atoms. The molecule has 26 heavy (non-hydrogen) atoms. The molecule has 1 heterocycles. The Morgan fingerprint density at radius 2 is 1.85 bits per heavy atom. The van der Waals surface area contributed by atoms with Crippen molar-refractivity contribution in [2.45, 2.75) is 38.3 Å². The quantitative estimate of drug-likeness (QED) is 0.708. The van der Waals surface area contributed by atoms with Crippen molar-refractivity contribution in [1.82, 2.24) is 20.7 Å². The summed E-state index contributed by atoms with van der Waals surface area (Å²) in [4.78, 5) is 13.5.